The predicted molar refractivity (Wildman–Crippen MR) is 59.6 cm³/mol. The Morgan fingerprint density at radius 3 is 2.47 bits per heavy atom. The topological polar surface area (TPSA) is 78.3 Å². The van der Waals surface area contributed by atoms with Crippen molar-refractivity contribution in [2.75, 3.05) is 5.73 Å². The van der Waals surface area contributed by atoms with Gasteiger partial charge in [0, 0.05) is 5.69 Å². The average molecular weight is 208 g/mol. The van der Waals surface area contributed by atoms with Crippen LogP contribution in [0.1, 0.15) is 18.1 Å². The SMILES string of the molecule is Cc1cc(OC(C)C(N)=O)c(C)cc1N. The summed E-state index contributed by atoms with van der Waals surface area (Å²) in [6.45, 7) is 5.38. The van der Waals surface area contributed by atoms with Gasteiger partial charge < -0.3 is 16.2 Å². The Hall–Kier alpha value is -1.71. The molecule has 1 aromatic carbocycles. The van der Waals surface area contributed by atoms with Crippen molar-refractivity contribution in [2.24, 2.45) is 5.73 Å². The molecule has 1 aromatic rings. The highest BCUT2D eigenvalue weighted by Gasteiger charge is 2.12. The van der Waals surface area contributed by atoms with Crippen LogP contribution in [0.3, 0.4) is 0 Å². The second kappa shape index (κ2) is 4.21. The molecule has 0 saturated carbocycles. The molecule has 0 heterocycles. The number of rotatable bonds is 3. The van der Waals surface area contributed by atoms with Crippen LogP contribution in [-0.2, 0) is 4.79 Å². The molecule has 0 aromatic heterocycles. The Bertz CT molecular complexity index is 388. The van der Waals surface area contributed by atoms with Crippen LogP contribution in [0.4, 0.5) is 5.69 Å². The predicted octanol–water partition coefficient (Wildman–Crippen LogP) is 1.14. The average Bonchev–Trinajstić information content (AvgIpc) is 2.13. The number of nitrogens with two attached hydrogens (primary N) is 2. The van der Waals surface area contributed by atoms with Crippen molar-refractivity contribution >= 4 is 11.6 Å². The monoisotopic (exact) mass is 208 g/mol. The molecule has 0 fully saturated rings. The van der Waals surface area contributed by atoms with E-state index in [2.05, 4.69) is 0 Å². The number of benzene rings is 1. The van der Waals surface area contributed by atoms with Gasteiger partial charge in [0.15, 0.2) is 6.10 Å². The number of carbonyl (C=O) groups excluding carboxylic acids is 1. The molecule has 1 atom stereocenters. The van der Waals surface area contributed by atoms with E-state index in [-0.39, 0.29) is 0 Å². The van der Waals surface area contributed by atoms with E-state index in [9.17, 15) is 4.79 Å². The van der Waals surface area contributed by atoms with Crippen molar-refractivity contribution in [2.45, 2.75) is 26.9 Å². The first kappa shape index (κ1) is 11.4. The van der Waals surface area contributed by atoms with Gasteiger partial charge in [-0.25, -0.2) is 0 Å². The lowest BCUT2D eigenvalue weighted by molar-refractivity contribution is -0.123. The highest BCUT2D eigenvalue weighted by atomic mass is 16.5. The number of hydrogen-bond acceptors (Lipinski definition) is 3. The maximum absolute atomic E-state index is 10.8. The number of anilines is 1. The largest absolute Gasteiger partial charge is 0.481 e. The maximum Gasteiger partial charge on any atom is 0.258 e. The Morgan fingerprint density at radius 2 is 1.93 bits per heavy atom. The lowest BCUT2D eigenvalue weighted by atomic mass is 10.1. The first-order valence-electron chi connectivity index (χ1n) is 4.74. The van der Waals surface area contributed by atoms with Gasteiger partial charge in [-0.3, -0.25) is 4.79 Å². The number of ether oxygens (including phenoxy) is 1. The van der Waals surface area contributed by atoms with Crippen molar-refractivity contribution in [3.63, 3.8) is 0 Å². The maximum atomic E-state index is 10.8. The quantitative estimate of drug-likeness (QED) is 0.731. The number of primary amides is 1. The molecule has 1 unspecified atom stereocenters. The number of hydrogen-bond donors (Lipinski definition) is 2. The van der Waals surface area contributed by atoms with E-state index in [1.54, 1.807) is 6.92 Å². The lowest BCUT2D eigenvalue weighted by Gasteiger charge is -2.14. The zero-order valence-electron chi connectivity index (χ0n) is 9.20. The van der Waals surface area contributed by atoms with Crippen molar-refractivity contribution in [1.29, 1.82) is 0 Å². The Morgan fingerprint density at radius 1 is 1.33 bits per heavy atom. The van der Waals surface area contributed by atoms with Crippen LogP contribution in [0.15, 0.2) is 12.1 Å². The third-order valence-corrected chi connectivity index (χ3v) is 2.27. The molecule has 4 heteroatoms. The fraction of sp³-hybridized carbons (Fsp3) is 0.364. The Kier molecular flexibility index (Phi) is 3.19. The molecule has 0 bridgehead atoms. The summed E-state index contributed by atoms with van der Waals surface area (Å²) < 4.78 is 5.41. The van der Waals surface area contributed by atoms with Crippen LogP contribution < -0.4 is 16.2 Å². The second-order valence-corrected chi connectivity index (χ2v) is 3.64. The standard InChI is InChI=1S/C11H16N2O2/c1-6-5-10(7(2)4-9(6)12)15-8(3)11(13)14/h4-5,8H,12H2,1-3H3,(H2,13,14). The fourth-order valence-corrected chi connectivity index (χ4v) is 1.19. The fourth-order valence-electron chi connectivity index (χ4n) is 1.19. The summed E-state index contributed by atoms with van der Waals surface area (Å²) >= 11 is 0. The van der Waals surface area contributed by atoms with Gasteiger partial charge in [-0.05, 0) is 44.0 Å². The number of carbonyl (C=O) groups is 1. The minimum atomic E-state index is -0.633. The van der Waals surface area contributed by atoms with E-state index in [1.807, 2.05) is 26.0 Å². The van der Waals surface area contributed by atoms with E-state index in [1.165, 1.54) is 0 Å². The summed E-state index contributed by atoms with van der Waals surface area (Å²) in [5.74, 6) is 0.164. The summed E-state index contributed by atoms with van der Waals surface area (Å²) in [4.78, 5) is 10.8. The third kappa shape index (κ3) is 2.62. The smallest absolute Gasteiger partial charge is 0.258 e. The summed E-state index contributed by atoms with van der Waals surface area (Å²) in [7, 11) is 0. The summed E-state index contributed by atoms with van der Waals surface area (Å²) in [5.41, 5.74) is 13.4. The number of nitrogen functional groups attached to an aromatic ring is 1. The zero-order chi connectivity index (χ0) is 11.6. The number of aryl methyl sites for hydroxylation is 2. The lowest BCUT2D eigenvalue weighted by Crippen LogP contribution is -2.30. The molecule has 0 aliphatic heterocycles. The Balaban J connectivity index is 2.95. The summed E-state index contributed by atoms with van der Waals surface area (Å²) in [6.07, 6.45) is -0.633. The van der Waals surface area contributed by atoms with E-state index in [4.69, 9.17) is 16.2 Å². The third-order valence-electron chi connectivity index (χ3n) is 2.27. The zero-order valence-corrected chi connectivity index (χ0v) is 9.20. The van der Waals surface area contributed by atoms with Crippen LogP contribution >= 0.6 is 0 Å². The second-order valence-electron chi connectivity index (χ2n) is 3.64. The molecule has 15 heavy (non-hydrogen) atoms. The molecule has 0 spiro atoms. The minimum absolute atomic E-state index is 0.483. The van der Waals surface area contributed by atoms with Crippen LogP contribution in [0.2, 0.25) is 0 Å². The van der Waals surface area contributed by atoms with Crippen LogP contribution in [0.5, 0.6) is 5.75 Å². The molecule has 82 valence electrons. The molecule has 4 N–H and O–H groups in total. The van der Waals surface area contributed by atoms with E-state index in [0.717, 1.165) is 11.1 Å². The van der Waals surface area contributed by atoms with Gasteiger partial charge in [0.25, 0.3) is 5.91 Å². The normalized spacial score (nSPS) is 12.2. The van der Waals surface area contributed by atoms with Gasteiger partial charge in [0.1, 0.15) is 5.75 Å². The van der Waals surface area contributed by atoms with Crippen molar-refractivity contribution < 1.29 is 9.53 Å². The van der Waals surface area contributed by atoms with Gasteiger partial charge >= 0.3 is 0 Å². The van der Waals surface area contributed by atoms with Crippen LogP contribution in [0, 0.1) is 13.8 Å². The Labute approximate surface area is 89.2 Å². The molecule has 0 saturated heterocycles. The van der Waals surface area contributed by atoms with Crippen molar-refractivity contribution in [3.05, 3.63) is 23.3 Å². The molecule has 0 aliphatic rings. The molecular weight excluding hydrogens is 192 g/mol. The molecule has 4 nitrogen and oxygen atoms in total. The first-order chi connectivity index (χ1) is 6.91. The van der Waals surface area contributed by atoms with Crippen molar-refractivity contribution in [1.82, 2.24) is 0 Å². The molecule has 0 radical (unpaired) electrons. The highest BCUT2D eigenvalue weighted by Crippen LogP contribution is 2.24. The first-order valence-corrected chi connectivity index (χ1v) is 4.74. The molecule has 0 aliphatic carbocycles. The van der Waals surface area contributed by atoms with Crippen molar-refractivity contribution in [3.8, 4) is 5.75 Å². The highest BCUT2D eigenvalue weighted by molar-refractivity contribution is 5.78. The van der Waals surface area contributed by atoms with Gasteiger partial charge in [-0.15, -0.1) is 0 Å². The number of amides is 1. The minimum Gasteiger partial charge on any atom is -0.481 e. The van der Waals surface area contributed by atoms with E-state index in [0.29, 0.717) is 11.4 Å². The van der Waals surface area contributed by atoms with Gasteiger partial charge in [0.2, 0.25) is 0 Å². The molecular formula is C11H16N2O2. The van der Waals surface area contributed by atoms with Gasteiger partial charge in [-0.2, -0.15) is 0 Å². The van der Waals surface area contributed by atoms with Crippen LogP contribution in [-0.4, -0.2) is 12.0 Å². The van der Waals surface area contributed by atoms with Crippen LogP contribution in [0.25, 0.3) is 0 Å². The van der Waals surface area contributed by atoms with Gasteiger partial charge in [-0.1, -0.05) is 0 Å². The molecule has 1 amide bonds. The summed E-state index contributed by atoms with van der Waals surface area (Å²) in [5, 5.41) is 0. The van der Waals surface area contributed by atoms with Gasteiger partial charge in [0.05, 0.1) is 0 Å². The molecule has 1 rings (SSSR count). The van der Waals surface area contributed by atoms with E-state index < -0.39 is 12.0 Å². The van der Waals surface area contributed by atoms with E-state index >= 15 is 0 Å². The summed E-state index contributed by atoms with van der Waals surface area (Å²) in [6, 6.07) is 3.63.